The predicted octanol–water partition coefficient (Wildman–Crippen LogP) is 2.25. The fourth-order valence-corrected chi connectivity index (χ4v) is 4.46. The Morgan fingerprint density at radius 1 is 1.24 bits per heavy atom. The van der Waals surface area contributed by atoms with Crippen LogP contribution in [0.4, 0.5) is 0 Å². The normalized spacial score (nSPS) is 15.8. The molecule has 6 heterocycles. The minimum absolute atomic E-state index is 0.0721. The van der Waals surface area contributed by atoms with Crippen LogP contribution in [-0.4, -0.2) is 56.9 Å². The minimum Gasteiger partial charge on any atom is -0.412 e. The molecule has 0 unspecified atom stereocenters. The number of rotatable bonds is 3. The Hall–Kier alpha value is -4.28. The second-order valence-electron chi connectivity index (χ2n) is 8.22. The smallest absolute Gasteiger partial charge is 0.312 e. The molecule has 5 aromatic rings. The van der Waals surface area contributed by atoms with Crippen molar-refractivity contribution in [2.45, 2.75) is 26.3 Å². The summed E-state index contributed by atoms with van der Waals surface area (Å²) in [4.78, 5) is 23.0. The Labute approximate surface area is 188 Å². The van der Waals surface area contributed by atoms with Gasteiger partial charge in [0.2, 0.25) is 0 Å². The molecule has 1 aliphatic rings. The van der Waals surface area contributed by atoms with Gasteiger partial charge in [-0.1, -0.05) is 6.07 Å². The van der Waals surface area contributed by atoms with Crippen LogP contribution in [0.15, 0.2) is 41.3 Å². The van der Waals surface area contributed by atoms with E-state index in [1.807, 2.05) is 49.8 Å². The summed E-state index contributed by atoms with van der Waals surface area (Å²) in [7, 11) is 1.81. The van der Waals surface area contributed by atoms with Crippen molar-refractivity contribution in [3.63, 3.8) is 0 Å². The van der Waals surface area contributed by atoms with E-state index in [0.29, 0.717) is 18.5 Å². The zero-order chi connectivity index (χ0) is 22.7. The first-order valence-corrected chi connectivity index (χ1v) is 10.6. The van der Waals surface area contributed by atoms with E-state index >= 15 is 0 Å². The number of carbonyl (C=O) groups excluding carboxylic acids is 1. The van der Waals surface area contributed by atoms with E-state index in [-0.39, 0.29) is 17.7 Å². The molecule has 5 aromatic heterocycles. The van der Waals surface area contributed by atoms with E-state index in [0.717, 1.165) is 33.9 Å². The summed E-state index contributed by atoms with van der Waals surface area (Å²) in [6, 6.07) is 5.51. The van der Waals surface area contributed by atoms with E-state index < -0.39 is 6.04 Å². The molecule has 0 spiro atoms. The summed E-state index contributed by atoms with van der Waals surface area (Å²) in [5.41, 5.74) is 6.03. The van der Waals surface area contributed by atoms with E-state index in [1.54, 1.807) is 22.1 Å². The van der Waals surface area contributed by atoms with Crippen LogP contribution in [0.3, 0.4) is 0 Å². The monoisotopic (exact) mass is 443 g/mol. The lowest BCUT2D eigenvalue weighted by atomic mass is 9.99. The summed E-state index contributed by atoms with van der Waals surface area (Å²) in [6.45, 7) is 4.35. The van der Waals surface area contributed by atoms with Crippen LogP contribution in [0, 0.1) is 13.8 Å². The number of nitrogens with zero attached hydrogens (tertiary/aromatic N) is 8. The lowest BCUT2D eigenvalue weighted by molar-refractivity contribution is 0.0646. The highest BCUT2D eigenvalue weighted by Gasteiger charge is 2.38. The summed E-state index contributed by atoms with van der Waals surface area (Å²) >= 11 is 0. The second-order valence-corrected chi connectivity index (χ2v) is 8.22. The van der Waals surface area contributed by atoms with E-state index in [9.17, 15) is 4.79 Å². The SMILES string of the molecule is Cc1nn(C)cc1-c1nnc(C(=O)N2CCc3[nH]cnc3[C@H]2c2cc3c(C)cccn3n2)o1. The van der Waals surface area contributed by atoms with Gasteiger partial charge in [-0.3, -0.25) is 9.48 Å². The maximum atomic E-state index is 13.6. The van der Waals surface area contributed by atoms with Crippen LogP contribution in [-0.2, 0) is 13.5 Å². The van der Waals surface area contributed by atoms with E-state index in [1.165, 1.54) is 0 Å². The first kappa shape index (κ1) is 19.4. The largest absolute Gasteiger partial charge is 0.412 e. The Morgan fingerprint density at radius 3 is 2.91 bits per heavy atom. The molecule has 11 nitrogen and oxygen atoms in total. The molecule has 6 rings (SSSR count). The standard InChI is InChI=1S/C22H21N9O2/c1-12-5-4-7-31-17(12)9-16(28-31)19-18-15(23-11-24-18)6-8-30(19)22(32)21-26-25-20(33-21)14-10-29(3)27-13(14)2/h4-5,7,9-11,19H,6,8H2,1-3H3,(H,23,24)/t19-/m1/s1. The summed E-state index contributed by atoms with van der Waals surface area (Å²) in [5, 5.41) is 17.2. The van der Waals surface area contributed by atoms with Crippen molar-refractivity contribution in [2.75, 3.05) is 6.54 Å². The zero-order valence-corrected chi connectivity index (χ0v) is 18.3. The van der Waals surface area contributed by atoms with Crippen molar-refractivity contribution >= 4 is 11.4 Å². The first-order chi connectivity index (χ1) is 16.0. The van der Waals surface area contributed by atoms with Crippen LogP contribution in [0.25, 0.3) is 17.0 Å². The first-order valence-electron chi connectivity index (χ1n) is 10.6. The van der Waals surface area contributed by atoms with Gasteiger partial charge in [0.15, 0.2) is 0 Å². The number of amides is 1. The van der Waals surface area contributed by atoms with Crippen LogP contribution in [0.5, 0.6) is 0 Å². The molecule has 1 amide bonds. The molecule has 11 heteroatoms. The molecule has 0 bridgehead atoms. The molecule has 0 saturated carbocycles. The van der Waals surface area contributed by atoms with Gasteiger partial charge in [0.25, 0.3) is 5.89 Å². The highest BCUT2D eigenvalue weighted by Crippen LogP contribution is 2.34. The quantitative estimate of drug-likeness (QED) is 0.454. The van der Waals surface area contributed by atoms with Gasteiger partial charge in [-0.2, -0.15) is 10.2 Å². The molecule has 0 aliphatic carbocycles. The second kappa shape index (κ2) is 7.12. The van der Waals surface area contributed by atoms with Gasteiger partial charge in [0.1, 0.15) is 6.04 Å². The van der Waals surface area contributed by atoms with Crippen LogP contribution in [0.1, 0.15) is 45.1 Å². The molecular weight excluding hydrogens is 422 g/mol. The Bertz CT molecular complexity index is 1510. The molecule has 33 heavy (non-hydrogen) atoms. The van der Waals surface area contributed by atoms with Crippen LogP contribution >= 0.6 is 0 Å². The molecule has 0 fully saturated rings. The molecule has 0 aromatic carbocycles. The zero-order valence-electron chi connectivity index (χ0n) is 18.3. The number of nitrogens with one attached hydrogen (secondary N) is 1. The highest BCUT2D eigenvalue weighted by atomic mass is 16.4. The summed E-state index contributed by atoms with van der Waals surface area (Å²) in [6.07, 6.45) is 5.98. The number of H-pyrrole nitrogens is 1. The lowest BCUT2D eigenvalue weighted by Gasteiger charge is -2.32. The van der Waals surface area contributed by atoms with E-state index in [4.69, 9.17) is 9.52 Å². The Kier molecular flexibility index (Phi) is 4.19. The molecule has 1 aliphatic heterocycles. The van der Waals surface area contributed by atoms with Crippen molar-refractivity contribution in [2.24, 2.45) is 7.05 Å². The van der Waals surface area contributed by atoms with Gasteiger partial charge in [0, 0.05) is 38.1 Å². The average Bonchev–Trinajstić information content (AvgIpc) is 3.58. The van der Waals surface area contributed by atoms with Crippen molar-refractivity contribution in [1.82, 2.24) is 44.5 Å². The van der Waals surface area contributed by atoms with Crippen molar-refractivity contribution in [1.29, 1.82) is 0 Å². The third-order valence-electron chi connectivity index (χ3n) is 6.05. The number of hydrogen-bond donors (Lipinski definition) is 1. The summed E-state index contributed by atoms with van der Waals surface area (Å²) < 4.78 is 9.28. The van der Waals surface area contributed by atoms with Crippen molar-refractivity contribution in [3.8, 4) is 11.5 Å². The van der Waals surface area contributed by atoms with Gasteiger partial charge in [-0.25, -0.2) is 9.50 Å². The number of carbonyl (C=O) groups is 1. The van der Waals surface area contributed by atoms with Crippen LogP contribution < -0.4 is 0 Å². The van der Waals surface area contributed by atoms with E-state index in [2.05, 4.69) is 25.3 Å². The molecule has 0 saturated heterocycles. The van der Waals surface area contributed by atoms with Crippen molar-refractivity contribution < 1.29 is 9.21 Å². The molecule has 0 radical (unpaired) electrons. The Balaban J connectivity index is 1.41. The molecule has 166 valence electrons. The third kappa shape index (κ3) is 3.04. The molecule has 1 atom stereocenters. The topological polar surface area (TPSA) is 123 Å². The predicted molar refractivity (Wildman–Crippen MR) is 116 cm³/mol. The maximum absolute atomic E-state index is 13.6. The number of aromatic nitrogens is 8. The number of imidazole rings is 1. The van der Waals surface area contributed by atoms with Crippen LogP contribution in [0.2, 0.25) is 0 Å². The van der Waals surface area contributed by atoms with Gasteiger partial charge < -0.3 is 14.3 Å². The average molecular weight is 443 g/mol. The van der Waals surface area contributed by atoms with Crippen molar-refractivity contribution in [3.05, 3.63) is 71.1 Å². The molecular formula is C22H21N9O2. The maximum Gasteiger partial charge on any atom is 0.312 e. The van der Waals surface area contributed by atoms with Gasteiger partial charge in [-0.05, 0) is 31.5 Å². The number of hydrogen-bond acceptors (Lipinski definition) is 7. The number of aryl methyl sites for hydroxylation is 3. The third-order valence-corrected chi connectivity index (χ3v) is 6.05. The van der Waals surface area contributed by atoms with Gasteiger partial charge in [0.05, 0.1) is 34.5 Å². The van der Waals surface area contributed by atoms with Gasteiger partial charge >= 0.3 is 11.8 Å². The summed E-state index contributed by atoms with van der Waals surface area (Å²) in [5.74, 6) is -0.166. The highest BCUT2D eigenvalue weighted by molar-refractivity contribution is 5.90. The minimum atomic E-state index is -0.470. The number of aromatic amines is 1. The number of pyridine rings is 1. The fourth-order valence-electron chi connectivity index (χ4n) is 4.46. The Morgan fingerprint density at radius 2 is 2.12 bits per heavy atom. The van der Waals surface area contributed by atoms with Gasteiger partial charge in [-0.15, -0.1) is 10.2 Å². The lowest BCUT2D eigenvalue weighted by Crippen LogP contribution is -2.41. The number of fused-ring (bicyclic) bond motifs is 2. The fraction of sp³-hybridized carbons (Fsp3) is 0.273. The molecule has 1 N–H and O–H groups in total.